The second-order valence-electron chi connectivity index (χ2n) is 5.32. The molecule has 0 heterocycles. The van der Waals surface area contributed by atoms with Crippen LogP contribution in [0.2, 0.25) is 0 Å². The molecule has 10 heteroatoms. The van der Waals surface area contributed by atoms with Crippen molar-refractivity contribution in [1.82, 2.24) is 5.48 Å². The van der Waals surface area contributed by atoms with Crippen LogP contribution in [-0.2, 0) is 0 Å². The maximum absolute atomic E-state index is 11.4. The summed E-state index contributed by atoms with van der Waals surface area (Å²) in [5.74, 6) is -1.06. The zero-order valence-electron chi connectivity index (χ0n) is 12.2. The number of nitro benzene ring substituents is 2. The van der Waals surface area contributed by atoms with Crippen molar-refractivity contribution in [2.45, 2.75) is 38.1 Å². The molecule has 1 saturated carbocycles. The summed E-state index contributed by atoms with van der Waals surface area (Å²) in [6, 6.07) is 1.73. The first-order chi connectivity index (χ1) is 10.9. The molecule has 0 aliphatic heterocycles. The van der Waals surface area contributed by atoms with E-state index in [1.54, 1.807) is 0 Å². The Labute approximate surface area is 130 Å². The van der Waals surface area contributed by atoms with E-state index in [1.165, 1.54) is 5.48 Å². The molecule has 1 aliphatic rings. The third-order valence-electron chi connectivity index (χ3n) is 3.81. The Morgan fingerprint density at radius 3 is 2.04 bits per heavy atom. The van der Waals surface area contributed by atoms with Crippen molar-refractivity contribution in [3.63, 3.8) is 0 Å². The van der Waals surface area contributed by atoms with Crippen molar-refractivity contribution in [1.29, 1.82) is 0 Å². The third-order valence-corrected chi connectivity index (χ3v) is 3.81. The van der Waals surface area contributed by atoms with Gasteiger partial charge in [-0.05, 0) is 12.8 Å². The van der Waals surface area contributed by atoms with Crippen LogP contribution in [0.4, 0.5) is 17.1 Å². The summed E-state index contributed by atoms with van der Waals surface area (Å²) in [6.45, 7) is 0. The van der Waals surface area contributed by atoms with Gasteiger partial charge < -0.3 is 5.32 Å². The van der Waals surface area contributed by atoms with Crippen molar-refractivity contribution in [2.75, 3.05) is 5.32 Å². The molecule has 0 unspecified atom stereocenters. The van der Waals surface area contributed by atoms with Gasteiger partial charge in [-0.1, -0.05) is 19.3 Å². The molecule has 0 spiro atoms. The second kappa shape index (κ2) is 7.01. The number of carbonyl (C=O) groups is 1. The van der Waals surface area contributed by atoms with Gasteiger partial charge in [0.1, 0.15) is 0 Å². The summed E-state index contributed by atoms with van der Waals surface area (Å²) in [7, 11) is 0. The number of carbonyl (C=O) groups excluding carboxylic acids is 1. The maximum atomic E-state index is 11.4. The van der Waals surface area contributed by atoms with E-state index in [2.05, 4.69) is 5.32 Å². The molecule has 1 fully saturated rings. The van der Waals surface area contributed by atoms with Crippen molar-refractivity contribution in [3.8, 4) is 0 Å². The largest absolute Gasteiger partial charge is 0.371 e. The summed E-state index contributed by atoms with van der Waals surface area (Å²) in [5, 5.41) is 34.0. The van der Waals surface area contributed by atoms with Crippen LogP contribution in [-0.4, -0.2) is 27.0 Å². The van der Waals surface area contributed by atoms with Gasteiger partial charge in [0.05, 0.1) is 15.4 Å². The Bertz CT molecular complexity index is 606. The molecule has 0 radical (unpaired) electrons. The van der Waals surface area contributed by atoms with E-state index in [-0.39, 0.29) is 17.3 Å². The molecule has 1 aliphatic carbocycles. The number of amides is 1. The Hall–Kier alpha value is -2.75. The molecule has 1 amide bonds. The van der Waals surface area contributed by atoms with Crippen LogP contribution < -0.4 is 10.8 Å². The van der Waals surface area contributed by atoms with E-state index in [4.69, 9.17) is 5.21 Å². The number of nitro groups is 2. The van der Waals surface area contributed by atoms with Crippen molar-refractivity contribution in [3.05, 3.63) is 37.9 Å². The van der Waals surface area contributed by atoms with Crippen LogP contribution in [0.5, 0.6) is 0 Å². The highest BCUT2D eigenvalue weighted by molar-refractivity contribution is 5.96. The van der Waals surface area contributed by atoms with Crippen LogP contribution in [0, 0.1) is 20.2 Å². The van der Waals surface area contributed by atoms with E-state index < -0.39 is 27.1 Å². The first-order valence-corrected chi connectivity index (χ1v) is 7.12. The fourth-order valence-electron chi connectivity index (χ4n) is 2.69. The lowest BCUT2D eigenvalue weighted by atomic mass is 9.95. The summed E-state index contributed by atoms with van der Waals surface area (Å²) in [6.07, 6.45) is 4.51. The van der Waals surface area contributed by atoms with Crippen molar-refractivity contribution < 1.29 is 19.8 Å². The van der Waals surface area contributed by atoms with Gasteiger partial charge in [0.25, 0.3) is 17.3 Å². The zero-order valence-corrected chi connectivity index (χ0v) is 12.2. The predicted octanol–water partition coefficient (Wildman–Crippen LogP) is 2.37. The normalized spacial score (nSPS) is 15.0. The van der Waals surface area contributed by atoms with E-state index in [0.29, 0.717) is 0 Å². The van der Waals surface area contributed by atoms with E-state index in [0.717, 1.165) is 44.2 Å². The van der Waals surface area contributed by atoms with Gasteiger partial charge in [-0.25, -0.2) is 5.48 Å². The summed E-state index contributed by atoms with van der Waals surface area (Å²) in [4.78, 5) is 32.4. The van der Waals surface area contributed by atoms with Crippen LogP contribution in [0.3, 0.4) is 0 Å². The van der Waals surface area contributed by atoms with Gasteiger partial charge in [-0.2, -0.15) is 0 Å². The van der Waals surface area contributed by atoms with Gasteiger partial charge in [0.15, 0.2) is 5.69 Å². The first kappa shape index (κ1) is 16.6. The average molecular weight is 324 g/mol. The molecule has 1 aromatic rings. The highest BCUT2D eigenvalue weighted by atomic mass is 16.6. The Balaban J connectivity index is 2.50. The highest BCUT2D eigenvalue weighted by Crippen LogP contribution is 2.37. The second-order valence-corrected chi connectivity index (χ2v) is 5.32. The molecule has 3 N–H and O–H groups in total. The highest BCUT2D eigenvalue weighted by Gasteiger charge is 2.30. The fourth-order valence-corrected chi connectivity index (χ4v) is 2.69. The third kappa shape index (κ3) is 3.72. The first-order valence-electron chi connectivity index (χ1n) is 7.12. The lowest BCUT2D eigenvalue weighted by molar-refractivity contribution is -0.392. The molecule has 2 rings (SSSR count). The average Bonchev–Trinajstić information content (AvgIpc) is 2.54. The monoisotopic (exact) mass is 324 g/mol. The maximum Gasteiger partial charge on any atom is 0.300 e. The molecular formula is C13H16N4O6. The SMILES string of the molecule is O=C(NO)c1cc([N+](=O)[O-])c(NC2CCCCC2)c([N+](=O)[O-])c1. The molecule has 23 heavy (non-hydrogen) atoms. The molecule has 0 bridgehead atoms. The van der Waals surface area contributed by atoms with Crippen molar-refractivity contribution in [2.24, 2.45) is 0 Å². The van der Waals surface area contributed by atoms with Crippen LogP contribution >= 0.6 is 0 Å². The Kier molecular flexibility index (Phi) is 5.06. The summed E-state index contributed by atoms with van der Waals surface area (Å²) >= 11 is 0. The summed E-state index contributed by atoms with van der Waals surface area (Å²) < 4.78 is 0. The van der Waals surface area contributed by atoms with E-state index >= 15 is 0 Å². The molecule has 1 aromatic carbocycles. The smallest absolute Gasteiger partial charge is 0.300 e. The summed E-state index contributed by atoms with van der Waals surface area (Å²) in [5.41, 5.74) is -0.391. The minimum Gasteiger partial charge on any atom is -0.371 e. The van der Waals surface area contributed by atoms with Crippen LogP contribution in [0.1, 0.15) is 42.5 Å². The van der Waals surface area contributed by atoms with Gasteiger partial charge in [-0.15, -0.1) is 0 Å². The number of hydroxylamine groups is 1. The van der Waals surface area contributed by atoms with Gasteiger partial charge in [-0.3, -0.25) is 30.2 Å². The minimum atomic E-state index is -1.06. The molecule has 0 saturated heterocycles. The molecule has 0 atom stereocenters. The van der Waals surface area contributed by atoms with Gasteiger partial charge in [0.2, 0.25) is 0 Å². The number of benzene rings is 1. The fraction of sp³-hybridized carbons (Fsp3) is 0.462. The zero-order chi connectivity index (χ0) is 17.0. The molecule has 124 valence electrons. The van der Waals surface area contributed by atoms with E-state index in [9.17, 15) is 25.0 Å². The Morgan fingerprint density at radius 2 is 1.61 bits per heavy atom. The number of anilines is 1. The van der Waals surface area contributed by atoms with Gasteiger partial charge >= 0.3 is 0 Å². The number of nitrogens with zero attached hydrogens (tertiary/aromatic N) is 2. The van der Waals surface area contributed by atoms with Crippen LogP contribution in [0.25, 0.3) is 0 Å². The molecule has 10 nitrogen and oxygen atoms in total. The Morgan fingerprint density at radius 1 is 1.09 bits per heavy atom. The topological polar surface area (TPSA) is 148 Å². The molecular weight excluding hydrogens is 308 g/mol. The number of hydrogen-bond acceptors (Lipinski definition) is 7. The molecule has 0 aromatic heterocycles. The standard InChI is InChI=1S/C13H16N4O6/c18-13(15-19)8-6-10(16(20)21)12(11(7-8)17(22)23)14-9-4-2-1-3-5-9/h6-7,9,14,19H,1-5H2,(H,15,18). The van der Waals surface area contributed by atoms with E-state index in [1.807, 2.05) is 0 Å². The minimum absolute atomic E-state index is 0.0846. The number of nitrogens with one attached hydrogen (secondary N) is 2. The predicted molar refractivity (Wildman–Crippen MR) is 79.5 cm³/mol. The van der Waals surface area contributed by atoms with Gasteiger partial charge in [0, 0.05) is 18.2 Å². The van der Waals surface area contributed by atoms with Crippen molar-refractivity contribution >= 4 is 23.0 Å². The van der Waals surface area contributed by atoms with Crippen LogP contribution in [0.15, 0.2) is 12.1 Å². The quantitative estimate of drug-likeness (QED) is 0.427. The lowest BCUT2D eigenvalue weighted by Crippen LogP contribution is -2.24. The number of rotatable bonds is 5. The lowest BCUT2D eigenvalue weighted by Gasteiger charge is -2.23. The number of hydrogen-bond donors (Lipinski definition) is 3.